The average molecular weight is 496 g/mol. The van der Waals surface area contributed by atoms with Crippen molar-refractivity contribution in [1.29, 1.82) is 0 Å². The molecular weight excluding hydrogens is 461 g/mol. The lowest BCUT2D eigenvalue weighted by molar-refractivity contribution is -0.0393. The van der Waals surface area contributed by atoms with Crippen molar-refractivity contribution in [3.05, 3.63) is 77.6 Å². The molecule has 0 saturated carbocycles. The molecule has 1 aliphatic rings. The maximum absolute atomic E-state index is 13.6. The third kappa shape index (κ3) is 6.03. The van der Waals surface area contributed by atoms with Crippen LogP contribution in [0.15, 0.2) is 60.7 Å². The van der Waals surface area contributed by atoms with Crippen molar-refractivity contribution < 1.29 is 23.8 Å². The first kappa shape index (κ1) is 25.2. The highest BCUT2D eigenvalue weighted by Gasteiger charge is 2.36. The Morgan fingerprint density at radius 3 is 2.54 bits per heavy atom. The van der Waals surface area contributed by atoms with Gasteiger partial charge in [-0.05, 0) is 78.0 Å². The van der Waals surface area contributed by atoms with Crippen molar-refractivity contribution in [2.75, 3.05) is 13.1 Å². The van der Waals surface area contributed by atoms with Gasteiger partial charge in [-0.15, -0.1) is 0 Å². The number of piperidine rings is 1. The molecule has 1 heterocycles. The number of benzene rings is 3. The molecular formula is C28H34FNO4Si. The van der Waals surface area contributed by atoms with E-state index in [2.05, 4.69) is 6.92 Å². The summed E-state index contributed by atoms with van der Waals surface area (Å²) in [7, 11) is 0.936. The number of amides is 1. The predicted octanol–water partition coefficient (Wildman–Crippen LogP) is 5.15. The van der Waals surface area contributed by atoms with E-state index in [-0.39, 0.29) is 29.7 Å². The first-order valence-electron chi connectivity index (χ1n) is 12.2. The maximum atomic E-state index is 13.6. The van der Waals surface area contributed by atoms with Gasteiger partial charge in [-0.25, -0.2) is 9.18 Å². The van der Waals surface area contributed by atoms with Gasteiger partial charge in [0.15, 0.2) is 0 Å². The molecule has 5 nitrogen and oxygen atoms in total. The van der Waals surface area contributed by atoms with Crippen LogP contribution in [0.25, 0.3) is 10.8 Å². The lowest BCUT2D eigenvalue weighted by atomic mass is 9.87. The molecule has 3 atom stereocenters. The molecule has 35 heavy (non-hydrogen) atoms. The van der Waals surface area contributed by atoms with Gasteiger partial charge in [0.25, 0.3) is 0 Å². The Labute approximate surface area is 209 Å². The Hall–Kier alpha value is -2.90. The summed E-state index contributed by atoms with van der Waals surface area (Å²) in [6.07, 6.45) is 0.141. The van der Waals surface area contributed by atoms with E-state index in [9.17, 15) is 14.3 Å². The molecule has 1 fully saturated rings. The Morgan fingerprint density at radius 1 is 1.14 bits per heavy atom. The van der Waals surface area contributed by atoms with Crippen LogP contribution in [-0.2, 0) is 16.1 Å². The zero-order valence-corrected chi connectivity index (χ0v) is 22.8. The number of carbonyl (C=O) groups excluding carboxylic acids is 1. The normalized spacial score (nSPS) is 19.6. The van der Waals surface area contributed by atoms with E-state index in [1.165, 1.54) is 12.1 Å². The van der Waals surface area contributed by atoms with Gasteiger partial charge in [-0.1, -0.05) is 37.3 Å². The van der Waals surface area contributed by atoms with Crippen LogP contribution in [0.4, 0.5) is 9.18 Å². The lowest BCUT2D eigenvalue weighted by Gasteiger charge is -2.40. The predicted molar refractivity (Wildman–Crippen MR) is 139 cm³/mol. The fraction of sp³-hybridized carbons (Fsp3) is 0.393. The van der Waals surface area contributed by atoms with Crippen LogP contribution in [0.5, 0.6) is 5.75 Å². The molecule has 0 bridgehead atoms. The highest BCUT2D eigenvalue weighted by Crippen LogP contribution is 2.33. The Balaban J connectivity index is 1.51. The molecule has 0 aliphatic carbocycles. The molecule has 186 valence electrons. The topological polar surface area (TPSA) is 59.0 Å². The summed E-state index contributed by atoms with van der Waals surface area (Å²) in [4.78, 5) is 14.7. The van der Waals surface area contributed by atoms with E-state index < -0.39 is 5.60 Å². The second kappa shape index (κ2) is 10.4. The Bertz CT molecular complexity index is 1180. The molecule has 3 aromatic carbocycles. The van der Waals surface area contributed by atoms with E-state index in [1.807, 2.05) is 38.1 Å². The van der Waals surface area contributed by atoms with Gasteiger partial charge in [0.2, 0.25) is 0 Å². The van der Waals surface area contributed by atoms with E-state index >= 15 is 0 Å². The van der Waals surface area contributed by atoms with Crippen molar-refractivity contribution in [3.8, 4) is 5.75 Å². The Kier molecular flexibility index (Phi) is 7.47. The number of rotatable bonds is 6. The number of halogens is 1. The van der Waals surface area contributed by atoms with Crippen molar-refractivity contribution in [3.63, 3.8) is 0 Å². The highest BCUT2D eigenvalue weighted by atomic mass is 28.1. The monoisotopic (exact) mass is 495 g/mol. The first-order valence-corrected chi connectivity index (χ1v) is 13.3. The van der Waals surface area contributed by atoms with E-state index in [0.29, 0.717) is 31.7 Å². The minimum atomic E-state index is -0.507. The minimum absolute atomic E-state index is 0.0440. The molecule has 3 aromatic rings. The van der Waals surface area contributed by atoms with E-state index in [0.717, 1.165) is 32.1 Å². The molecule has 4 rings (SSSR count). The standard InChI is InChI=1S/C28H34FNO4Si/c1-18(35)28(2,3)34-27(32)30-13-12-25(20-6-9-23(29)10-7-20)26(16-30)33-17-19-4-5-22-15-24(31)11-8-21(22)14-19/h4-11,14-15,18,25-26,31H,12-13,16-17H2,1-3,35H3. The maximum Gasteiger partial charge on any atom is 0.410 e. The molecule has 0 radical (unpaired) electrons. The Morgan fingerprint density at radius 2 is 1.83 bits per heavy atom. The molecule has 3 unspecified atom stereocenters. The summed E-state index contributed by atoms with van der Waals surface area (Å²) in [6, 6.07) is 17.8. The van der Waals surface area contributed by atoms with Crippen molar-refractivity contribution >= 4 is 27.1 Å². The second-order valence-corrected chi connectivity index (χ2v) is 12.0. The SMILES string of the molecule is CC([SiH3])C(C)(C)OC(=O)N1CCC(c2ccc(F)cc2)C(OCc2ccc3cc(O)ccc3c2)C1. The summed E-state index contributed by atoms with van der Waals surface area (Å²) >= 11 is 0. The lowest BCUT2D eigenvalue weighted by Crippen LogP contribution is -2.49. The third-order valence-corrected chi connectivity index (χ3v) is 8.60. The number of carbonyl (C=O) groups is 1. The number of hydrogen-bond donors (Lipinski definition) is 1. The molecule has 7 heteroatoms. The van der Waals surface area contributed by atoms with Crippen LogP contribution in [0.2, 0.25) is 5.54 Å². The fourth-order valence-electron chi connectivity index (χ4n) is 4.33. The van der Waals surface area contributed by atoms with Crippen LogP contribution >= 0.6 is 0 Å². The van der Waals surface area contributed by atoms with Crippen LogP contribution in [0, 0.1) is 5.82 Å². The summed E-state index contributed by atoms with van der Waals surface area (Å²) in [5.41, 5.74) is 1.83. The van der Waals surface area contributed by atoms with Crippen molar-refractivity contribution in [2.45, 2.75) is 57.0 Å². The number of fused-ring (bicyclic) bond motifs is 1. The smallest absolute Gasteiger partial charge is 0.410 e. The van der Waals surface area contributed by atoms with Crippen LogP contribution < -0.4 is 0 Å². The zero-order chi connectivity index (χ0) is 25.2. The van der Waals surface area contributed by atoms with E-state index in [4.69, 9.17) is 9.47 Å². The quantitative estimate of drug-likeness (QED) is 0.481. The van der Waals surface area contributed by atoms with Crippen LogP contribution in [-0.4, -0.2) is 51.1 Å². The molecule has 1 saturated heterocycles. The highest BCUT2D eigenvalue weighted by molar-refractivity contribution is 6.12. The third-order valence-electron chi connectivity index (χ3n) is 7.21. The summed E-state index contributed by atoms with van der Waals surface area (Å²) < 4.78 is 25.8. The number of likely N-dealkylation sites (tertiary alicyclic amines) is 1. The summed E-state index contributed by atoms with van der Waals surface area (Å²) in [5.74, 6) is 0.0114. The molecule has 0 spiro atoms. The number of hydrogen-bond acceptors (Lipinski definition) is 4. The minimum Gasteiger partial charge on any atom is -0.508 e. The van der Waals surface area contributed by atoms with E-state index in [1.54, 1.807) is 29.2 Å². The zero-order valence-electron chi connectivity index (χ0n) is 20.8. The number of aromatic hydroxyl groups is 1. The van der Waals surface area contributed by atoms with Gasteiger partial charge in [0.1, 0.15) is 17.2 Å². The molecule has 1 amide bonds. The number of phenols is 1. The number of ether oxygens (including phenoxy) is 2. The van der Waals surface area contributed by atoms with Crippen LogP contribution in [0.3, 0.4) is 0 Å². The number of phenolic OH excluding ortho intramolecular Hbond substituents is 1. The average Bonchev–Trinajstić information content (AvgIpc) is 2.82. The first-order chi connectivity index (χ1) is 16.6. The fourth-order valence-corrected chi connectivity index (χ4v) is 4.44. The molecule has 1 aliphatic heterocycles. The van der Waals surface area contributed by atoms with Gasteiger partial charge < -0.3 is 19.5 Å². The van der Waals surface area contributed by atoms with Gasteiger partial charge in [0, 0.05) is 22.7 Å². The van der Waals surface area contributed by atoms with Crippen molar-refractivity contribution in [2.24, 2.45) is 0 Å². The van der Waals surface area contributed by atoms with Gasteiger partial charge in [-0.3, -0.25) is 0 Å². The largest absolute Gasteiger partial charge is 0.508 e. The van der Waals surface area contributed by atoms with Crippen LogP contribution in [0.1, 0.15) is 44.2 Å². The summed E-state index contributed by atoms with van der Waals surface area (Å²) in [5, 5.41) is 11.7. The molecule has 1 N–H and O–H groups in total. The second-order valence-electron chi connectivity index (χ2n) is 10.2. The van der Waals surface area contributed by atoms with Crippen molar-refractivity contribution in [1.82, 2.24) is 4.90 Å². The number of nitrogens with zero attached hydrogens (tertiary/aromatic N) is 1. The molecule has 0 aromatic heterocycles. The van der Waals surface area contributed by atoms with Gasteiger partial charge >= 0.3 is 6.09 Å². The van der Waals surface area contributed by atoms with Gasteiger partial charge in [-0.2, -0.15) is 0 Å². The van der Waals surface area contributed by atoms with Gasteiger partial charge in [0.05, 0.1) is 19.3 Å². The summed E-state index contributed by atoms with van der Waals surface area (Å²) in [6.45, 7) is 7.37.